The molecule has 0 saturated carbocycles. The van der Waals surface area contributed by atoms with Crippen molar-refractivity contribution in [3.63, 3.8) is 0 Å². The number of nitrogens with zero attached hydrogens (tertiary/aromatic N) is 2. The first-order valence-electron chi connectivity index (χ1n) is 8.37. The van der Waals surface area contributed by atoms with Crippen molar-refractivity contribution in [3.05, 3.63) is 75.1 Å². The molecule has 0 atom stereocenters. The van der Waals surface area contributed by atoms with Crippen LogP contribution in [0.2, 0.25) is 0 Å². The van der Waals surface area contributed by atoms with E-state index in [2.05, 4.69) is 43.5 Å². The molecule has 1 aromatic heterocycles. The number of benzene rings is 2. The largest absolute Gasteiger partial charge is 0.419 e. The van der Waals surface area contributed by atoms with E-state index in [4.69, 9.17) is 0 Å². The number of hydrogen-bond acceptors (Lipinski definition) is 5. The Labute approximate surface area is 144 Å². The minimum absolute atomic E-state index is 0.406. The lowest BCUT2D eigenvalue weighted by Crippen LogP contribution is -2.46. The van der Waals surface area contributed by atoms with Gasteiger partial charge in [-0.05, 0) is 23.8 Å². The maximum Gasteiger partial charge on any atom is 0.419 e. The number of nitrogens with one attached hydrogen (secondary N) is 1. The van der Waals surface area contributed by atoms with Gasteiger partial charge in [0.1, 0.15) is 0 Å². The highest BCUT2D eigenvalue weighted by Gasteiger charge is 2.18. The molecule has 4 rings (SSSR count). The van der Waals surface area contributed by atoms with Gasteiger partial charge in [-0.25, -0.2) is 9.59 Å². The zero-order chi connectivity index (χ0) is 17.2. The molecule has 0 unspecified atom stereocenters. The number of anilines is 1. The summed E-state index contributed by atoms with van der Waals surface area (Å²) in [5.41, 5.74) is 2.21. The molecule has 6 heteroatoms. The molecule has 1 saturated heterocycles. The smallest absolute Gasteiger partial charge is 0.372 e. The van der Waals surface area contributed by atoms with Crippen molar-refractivity contribution in [2.24, 2.45) is 0 Å². The highest BCUT2D eigenvalue weighted by atomic mass is 16.4. The molecule has 3 aromatic rings. The predicted molar refractivity (Wildman–Crippen MR) is 97.0 cm³/mol. The van der Waals surface area contributed by atoms with E-state index in [-0.39, 0.29) is 0 Å². The highest BCUT2D eigenvalue weighted by Crippen LogP contribution is 2.20. The maximum atomic E-state index is 11.9. The maximum absolute atomic E-state index is 11.9. The van der Waals surface area contributed by atoms with Crippen LogP contribution in [0.5, 0.6) is 0 Å². The Morgan fingerprint density at radius 3 is 2.48 bits per heavy atom. The van der Waals surface area contributed by atoms with Gasteiger partial charge >= 0.3 is 11.4 Å². The first kappa shape index (κ1) is 15.7. The van der Waals surface area contributed by atoms with E-state index in [1.165, 1.54) is 5.56 Å². The first-order chi connectivity index (χ1) is 12.2. The van der Waals surface area contributed by atoms with E-state index in [0.717, 1.165) is 38.4 Å². The molecule has 0 bridgehead atoms. The summed E-state index contributed by atoms with van der Waals surface area (Å²) in [4.78, 5) is 30.3. The lowest BCUT2D eigenvalue weighted by atomic mass is 10.1. The lowest BCUT2D eigenvalue weighted by Gasteiger charge is -2.36. The molecule has 1 N–H and O–H groups in total. The third kappa shape index (κ3) is 3.34. The molecule has 0 aliphatic carbocycles. The molecule has 2 aromatic carbocycles. The van der Waals surface area contributed by atoms with Crippen molar-refractivity contribution in [1.29, 1.82) is 0 Å². The summed E-state index contributed by atoms with van der Waals surface area (Å²) < 4.78 is 4.62. The van der Waals surface area contributed by atoms with Crippen LogP contribution in [0.25, 0.3) is 10.9 Å². The Balaban J connectivity index is 1.48. The van der Waals surface area contributed by atoms with Crippen molar-refractivity contribution in [2.45, 2.75) is 6.54 Å². The fourth-order valence-corrected chi connectivity index (χ4v) is 3.29. The second-order valence-corrected chi connectivity index (χ2v) is 6.28. The van der Waals surface area contributed by atoms with Gasteiger partial charge in [0.15, 0.2) is 0 Å². The van der Waals surface area contributed by atoms with Gasteiger partial charge in [0.05, 0.1) is 10.9 Å². The third-order valence-electron chi connectivity index (χ3n) is 4.63. The van der Waals surface area contributed by atoms with Crippen molar-refractivity contribution < 1.29 is 4.42 Å². The van der Waals surface area contributed by atoms with Gasteiger partial charge in [0.2, 0.25) is 0 Å². The van der Waals surface area contributed by atoms with Crippen LogP contribution in [0.15, 0.2) is 62.5 Å². The Hall–Kier alpha value is -2.86. The zero-order valence-electron chi connectivity index (χ0n) is 13.8. The van der Waals surface area contributed by atoms with E-state index < -0.39 is 11.4 Å². The summed E-state index contributed by atoms with van der Waals surface area (Å²) in [5.74, 6) is -0.722. The topological polar surface area (TPSA) is 69.6 Å². The summed E-state index contributed by atoms with van der Waals surface area (Å²) in [7, 11) is 0. The fraction of sp³-hybridized carbons (Fsp3) is 0.263. The van der Waals surface area contributed by atoms with Gasteiger partial charge in [0, 0.05) is 38.4 Å². The SMILES string of the molecule is O=c1[nH]c2ccc(N3CCN(Cc4ccccc4)CC3)cc2c(=O)o1. The number of aromatic amines is 1. The summed E-state index contributed by atoms with van der Waals surface area (Å²) in [6.07, 6.45) is 0. The molecule has 1 fully saturated rings. The molecule has 2 heterocycles. The van der Waals surface area contributed by atoms with E-state index in [9.17, 15) is 9.59 Å². The minimum Gasteiger partial charge on any atom is -0.372 e. The molecule has 0 amide bonds. The summed E-state index contributed by atoms with van der Waals surface area (Å²) in [6, 6.07) is 16.0. The number of fused-ring (bicyclic) bond motifs is 1. The average molecular weight is 337 g/mol. The Kier molecular flexibility index (Phi) is 4.11. The van der Waals surface area contributed by atoms with Gasteiger partial charge in [-0.3, -0.25) is 9.88 Å². The van der Waals surface area contributed by atoms with E-state index in [0.29, 0.717) is 10.9 Å². The molecule has 0 spiro atoms. The molecular weight excluding hydrogens is 318 g/mol. The summed E-state index contributed by atoms with van der Waals surface area (Å²) in [6.45, 7) is 4.68. The van der Waals surface area contributed by atoms with Gasteiger partial charge < -0.3 is 9.32 Å². The van der Waals surface area contributed by atoms with Crippen LogP contribution < -0.4 is 16.3 Å². The standard InChI is InChI=1S/C19H19N3O3/c23-18-16-12-15(6-7-17(16)20-19(24)25-18)22-10-8-21(9-11-22)13-14-4-2-1-3-5-14/h1-7,12H,8-11,13H2,(H,20,24). The fourth-order valence-electron chi connectivity index (χ4n) is 3.29. The van der Waals surface area contributed by atoms with Crippen LogP contribution in [0.4, 0.5) is 5.69 Å². The Bertz CT molecular complexity index is 986. The van der Waals surface area contributed by atoms with Crippen molar-refractivity contribution in [2.75, 3.05) is 31.1 Å². The monoisotopic (exact) mass is 337 g/mol. The molecule has 1 aliphatic heterocycles. The Morgan fingerprint density at radius 2 is 1.72 bits per heavy atom. The van der Waals surface area contributed by atoms with Crippen LogP contribution in [-0.2, 0) is 6.54 Å². The molecule has 1 aliphatic rings. The second kappa shape index (κ2) is 6.57. The third-order valence-corrected chi connectivity index (χ3v) is 4.63. The highest BCUT2D eigenvalue weighted by molar-refractivity contribution is 5.81. The molecular formula is C19H19N3O3. The Morgan fingerprint density at radius 1 is 0.960 bits per heavy atom. The quantitative estimate of drug-likeness (QED) is 0.789. The van der Waals surface area contributed by atoms with Gasteiger partial charge in [-0.15, -0.1) is 0 Å². The van der Waals surface area contributed by atoms with E-state index in [1.807, 2.05) is 12.1 Å². The molecule has 25 heavy (non-hydrogen) atoms. The summed E-state index contributed by atoms with van der Waals surface area (Å²) in [5, 5.41) is 0.406. The molecule has 128 valence electrons. The number of H-pyrrole nitrogens is 1. The lowest BCUT2D eigenvalue weighted by molar-refractivity contribution is 0.250. The molecule has 0 radical (unpaired) electrons. The average Bonchev–Trinajstić information content (AvgIpc) is 2.63. The van der Waals surface area contributed by atoms with Crippen LogP contribution in [0.3, 0.4) is 0 Å². The number of piperazine rings is 1. The van der Waals surface area contributed by atoms with Gasteiger partial charge in [-0.2, -0.15) is 0 Å². The van der Waals surface area contributed by atoms with Crippen molar-refractivity contribution >= 4 is 16.6 Å². The van der Waals surface area contributed by atoms with E-state index in [1.54, 1.807) is 12.1 Å². The van der Waals surface area contributed by atoms with Gasteiger partial charge in [0.25, 0.3) is 0 Å². The zero-order valence-corrected chi connectivity index (χ0v) is 13.8. The molecule has 6 nitrogen and oxygen atoms in total. The van der Waals surface area contributed by atoms with Crippen molar-refractivity contribution in [1.82, 2.24) is 9.88 Å². The van der Waals surface area contributed by atoms with Crippen LogP contribution in [0.1, 0.15) is 5.56 Å². The predicted octanol–water partition coefficient (Wildman–Crippen LogP) is 1.80. The van der Waals surface area contributed by atoms with E-state index >= 15 is 0 Å². The number of hydrogen-bond donors (Lipinski definition) is 1. The number of aromatic nitrogens is 1. The normalized spacial score (nSPS) is 15.6. The second-order valence-electron chi connectivity index (χ2n) is 6.28. The van der Waals surface area contributed by atoms with Gasteiger partial charge in [-0.1, -0.05) is 30.3 Å². The minimum atomic E-state index is -0.722. The van der Waals surface area contributed by atoms with Crippen LogP contribution >= 0.6 is 0 Å². The van der Waals surface area contributed by atoms with Crippen molar-refractivity contribution in [3.8, 4) is 0 Å². The van der Waals surface area contributed by atoms with Crippen LogP contribution in [-0.4, -0.2) is 36.1 Å². The summed E-state index contributed by atoms with van der Waals surface area (Å²) >= 11 is 0. The van der Waals surface area contributed by atoms with Crippen LogP contribution in [0, 0.1) is 0 Å². The first-order valence-corrected chi connectivity index (χ1v) is 8.37. The number of rotatable bonds is 3.